The fourth-order valence-corrected chi connectivity index (χ4v) is 22.4. The number of thiophene rings is 4. The van der Waals surface area contributed by atoms with E-state index in [9.17, 15) is 0 Å². The van der Waals surface area contributed by atoms with Gasteiger partial charge in [-0.3, -0.25) is 0 Å². The molecule has 8 rings (SSSR count). The largest absolute Gasteiger partial charge is 0.481 e. The van der Waals surface area contributed by atoms with Crippen molar-refractivity contribution in [2.24, 2.45) is 71.0 Å². The Bertz CT molecular complexity index is 3030. The Balaban J connectivity index is 1.12. The number of benzene rings is 1. The normalized spacial score (nSPS) is 18.7. The zero-order valence-corrected chi connectivity index (χ0v) is 70.4. The Morgan fingerprint density at radius 2 is 0.588 bits per heavy atom. The van der Waals surface area contributed by atoms with E-state index in [-0.39, 0.29) is 11.1 Å². The molecule has 0 saturated carbocycles. The summed E-state index contributed by atoms with van der Waals surface area (Å²) in [5, 5.41) is 0. The van der Waals surface area contributed by atoms with Gasteiger partial charge in [0.2, 0.25) is 0 Å². The molecule has 5 aromatic heterocycles. The SMILES string of the molecule is CC(C)CCCC(C)CCCC(C)CCC1(CCC(C)CCCC(C)CCCC(C)C)Oc2cc(Br)sc2-c2sc(-c3c(F)c(F)c(-c4cc5c(s4)-c4sc(Br)cc4OC5(CCC(C)CCCC(C)CCCC(C)C)CCC(C)CCCC(C)CCCC(C)C)c4nsnc34)cc21. The molecule has 97 heavy (non-hydrogen) atoms. The minimum atomic E-state index is -0.855. The van der Waals surface area contributed by atoms with E-state index in [1.54, 1.807) is 45.3 Å². The van der Waals surface area contributed by atoms with Gasteiger partial charge in [-0.25, -0.2) is 8.78 Å². The lowest BCUT2D eigenvalue weighted by atomic mass is 9.78. The first-order valence-corrected chi connectivity index (χ1v) is 44.7. The zero-order chi connectivity index (χ0) is 70.1. The molecule has 8 unspecified atom stereocenters. The summed E-state index contributed by atoms with van der Waals surface area (Å²) >= 11 is 15.3. The van der Waals surface area contributed by atoms with Crippen LogP contribution in [0.25, 0.3) is 51.4 Å². The lowest BCUT2D eigenvalue weighted by Crippen LogP contribution is -2.36. The number of hydrogen-bond donors (Lipinski definition) is 0. The van der Waals surface area contributed by atoms with Crippen LogP contribution in [0.2, 0.25) is 0 Å². The summed E-state index contributed by atoms with van der Waals surface area (Å²) in [6, 6.07) is 8.68. The second-order valence-electron chi connectivity index (χ2n) is 33.7. The molecule has 2 aliphatic heterocycles. The number of hydrogen-bond acceptors (Lipinski definition) is 9. The quantitative estimate of drug-likeness (QED) is 0.0382. The molecule has 0 aliphatic carbocycles. The van der Waals surface area contributed by atoms with Gasteiger partial charge in [0.15, 0.2) is 11.6 Å². The molecule has 0 fully saturated rings. The first-order valence-electron chi connectivity index (χ1n) is 39.1. The second-order valence-corrected chi connectivity index (χ2v) is 41.2. The maximum Gasteiger partial charge on any atom is 0.170 e. The minimum absolute atomic E-state index is 0.212. The molecule has 4 nitrogen and oxygen atoms in total. The number of aromatic nitrogens is 2. The number of nitrogens with zero attached hydrogens (tertiary/aromatic N) is 2. The van der Waals surface area contributed by atoms with Crippen LogP contribution in [0.4, 0.5) is 8.78 Å². The van der Waals surface area contributed by atoms with E-state index in [1.165, 1.54) is 154 Å². The van der Waals surface area contributed by atoms with E-state index in [0.29, 0.717) is 44.5 Å². The van der Waals surface area contributed by atoms with Crippen molar-refractivity contribution in [1.29, 1.82) is 0 Å². The highest BCUT2D eigenvalue weighted by molar-refractivity contribution is 9.11. The van der Waals surface area contributed by atoms with Crippen molar-refractivity contribution in [2.45, 2.75) is 327 Å². The summed E-state index contributed by atoms with van der Waals surface area (Å²) in [5.41, 5.74) is 2.26. The van der Waals surface area contributed by atoms with Crippen LogP contribution in [0.3, 0.4) is 0 Å². The van der Waals surface area contributed by atoms with Crippen LogP contribution < -0.4 is 9.47 Å². The first kappa shape index (κ1) is 80.9. The molecule has 1 aromatic carbocycles. The van der Waals surface area contributed by atoms with E-state index in [1.807, 2.05) is 0 Å². The number of halogens is 4. The monoisotopic (exact) mass is 1550 g/mol. The first-order chi connectivity index (χ1) is 46.2. The summed E-state index contributed by atoms with van der Waals surface area (Å²) in [5.74, 6) is 8.21. The van der Waals surface area contributed by atoms with Gasteiger partial charge in [0.1, 0.15) is 33.7 Å². The standard InChI is InChI=1S/C84H128Br2F2N2O2S5/c1-53(2)25-17-29-57(9)33-21-37-61(13)41-45-83(46-42-62(14)38-22-34-58(10)30-18-26-54(3)4)65-49-69(93-79(65)81-67(91-83)51-71(85)95-81)73-75(87)76(88)74(78-77(73)89-97-90-78)70-50-66-80(94-70)82-68(52-72(86)96-82)92-84(66,47-43-63(15)39-23-35-59(11)31-19-27-55(5)6)48-44-64(16)40-24-36-60(12)32-20-28-56(7)8/h49-64H,17-48H2,1-16H3. The van der Waals surface area contributed by atoms with Gasteiger partial charge in [0.05, 0.1) is 49.9 Å². The van der Waals surface area contributed by atoms with Crippen LogP contribution in [0.15, 0.2) is 31.8 Å². The van der Waals surface area contributed by atoms with Crippen LogP contribution in [0.5, 0.6) is 11.5 Å². The maximum atomic E-state index is 18.3. The third kappa shape index (κ3) is 23.1. The second kappa shape index (κ2) is 38.9. The topological polar surface area (TPSA) is 44.2 Å². The fourth-order valence-electron chi connectivity index (χ4n) is 16.0. The van der Waals surface area contributed by atoms with Gasteiger partial charge >= 0.3 is 0 Å². The van der Waals surface area contributed by atoms with Crippen LogP contribution in [-0.2, 0) is 11.2 Å². The van der Waals surface area contributed by atoms with Crippen molar-refractivity contribution in [3.63, 3.8) is 0 Å². The molecule has 0 spiro atoms. The van der Waals surface area contributed by atoms with Crippen LogP contribution in [-0.4, -0.2) is 8.75 Å². The summed E-state index contributed by atoms with van der Waals surface area (Å²) in [4.78, 5) is 5.71. The van der Waals surface area contributed by atoms with Crippen LogP contribution in [0, 0.1) is 82.6 Å². The number of ether oxygens (including phenoxy) is 2. The molecule has 8 atom stereocenters. The van der Waals surface area contributed by atoms with Gasteiger partial charge in [-0.1, -0.05) is 265 Å². The minimum Gasteiger partial charge on any atom is -0.481 e. The van der Waals surface area contributed by atoms with Crippen molar-refractivity contribution < 1.29 is 18.3 Å². The average Bonchev–Trinajstić information content (AvgIpc) is 1.58. The average molecular weight is 1560 g/mol. The number of fused-ring (bicyclic) bond motifs is 7. The fraction of sp³-hybridized carbons (Fsp3) is 0.738. The summed E-state index contributed by atoms with van der Waals surface area (Å²) in [7, 11) is 0. The van der Waals surface area contributed by atoms with Crippen LogP contribution in [0.1, 0.15) is 327 Å². The molecule has 13 heteroatoms. The molecule has 0 saturated heterocycles. The highest BCUT2D eigenvalue weighted by Gasteiger charge is 2.46. The van der Waals surface area contributed by atoms with Crippen molar-refractivity contribution in [3.05, 3.63) is 54.6 Å². The van der Waals surface area contributed by atoms with Crippen molar-refractivity contribution >= 4 is 100.0 Å². The predicted octanol–water partition coefficient (Wildman–Crippen LogP) is 31.8. The molecule has 544 valence electrons. The Kier molecular flexibility index (Phi) is 32.4. The van der Waals surface area contributed by atoms with E-state index >= 15 is 8.78 Å². The summed E-state index contributed by atoms with van der Waals surface area (Å²) in [6.45, 7) is 38.3. The van der Waals surface area contributed by atoms with Crippen molar-refractivity contribution in [2.75, 3.05) is 0 Å². The van der Waals surface area contributed by atoms with Gasteiger partial charge in [-0.2, -0.15) is 8.75 Å². The molecule has 2 aliphatic rings. The summed E-state index contributed by atoms with van der Waals surface area (Å²) < 4.78 is 63.5. The van der Waals surface area contributed by atoms with Crippen molar-refractivity contribution in [3.8, 4) is 51.9 Å². The predicted molar refractivity (Wildman–Crippen MR) is 431 cm³/mol. The molecular weight excluding hydrogens is 1430 g/mol. The third-order valence-corrected chi connectivity index (χ3v) is 28.9. The van der Waals surface area contributed by atoms with E-state index < -0.39 is 22.8 Å². The van der Waals surface area contributed by atoms with E-state index in [4.69, 9.17) is 18.2 Å². The molecule has 0 amide bonds. The number of rotatable bonds is 46. The van der Waals surface area contributed by atoms with E-state index in [0.717, 1.165) is 160 Å². The Labute approximate surface area is 626 Å². The molecule has 6 aromatic rings. The maximum absolute atomic E-state index is 18.3. The lowest BCUT2D eigenvalue weighted by Gasteiger charge is -2.39. The zero-order valence-electron chi connectivity index (χ0n) is 63.1. The van der Waals surface area contributed by atoms with Gasteiger partial charge in [-0.15, -0.1) is 45.3 Å². The van der Waals surface area contributed by atoms with Gasteiger partial charge in [0, 0.05) is 33.0 Å². The van der Waals surface area contributed by atoms with Gasteiger partial charge in [-0.05, 0) is 166 Å². The third-order valence-electron chi connectivity index (χ3n) is 22.5. The summed E-state index contributed by atoms with van der Waals surface area (Å²) in [6.07, 6.45) is 38.2. The van der Waals surface area contributed by atoms with Gasteiger partial charge < -0.3 is 9.47 Å². The van der Waals surface area contributed by atoms with E-state index in [2.05, 4.69) is 167 Å². The Morgan fingerprint density at radius 1 is 0.340 bits per heavy atom. The highest BCUT2D eigenvalue weighted by atomic mass is 79.9. The molecule has 0 bridgehead atoms. The van der Waals surface area contributed by atoms with Gasteiger partial charge in [0.25, 0.3) is 0 Å². The van der Waals surface area contributed by atoms with Crippen molar-refractivity contribution in [1.82, 2.24) is 8.75 Å². The van der Waals surface area contributed by atoms with Crippen LogP contribution >= 0.6 is 88.9 Å². The molecular formula is C84H128Br2F2N2O2S5. The molecule has 0 N–H and O–H groups in total. The Hall–Kier alpha value is -1.74. The smallest absolute Gasteiger partial charge is 0.170 e. The molecule has 7 heterocycles. The molecule has 0 radical (unpaired) electrons. The lowest BCUT2D eigenvalue weighted by molar-refractivity contribution is 0.0322. The highest BCUT2D eigenvalue weighted by Crippen LogP contribution is 2.61. The Morgan fingerprint density at radius 3 is 0.845 bits per heavy atom.